The zero-order valence-electron chi connectivity index (χ0n) is 12.2. The topological polar surface area (TPSA) is 68.5 Å². The summed E-state index contributed by atoms with van der Waals surface area (Å²) in [5.74, 6) is 0.788. The van der Waals surface area contributed by atoms with Gasteiger partial charge in [0.25, 0.3) is 0 Å². The number of ether oxygens (including phenoxy) is 1. The van der Waals surface area contributed by atoms with Crippen molar-refractivity contribution in [1.82, 2.24) is 5.43 Å². The van der Waals surface area contributed by atoms with Gasteiger partial charge in [0, 0.05) is 5.69 Å². The van der Waals surface area contributed by atoms with E-state index in [-0.39, 0.29) is 5.75 Å². The maximum atomic E-state index is 7.92. The average molecular weight is 444 g/mol. The zero-order chi connectivity index (χ0) is 17.1. The summed E-state index contributed by atoms with van der Waals surface area (Å²) < 4.78 is 5.08. The van der Waals surface area contributed by atoms with Crippen molar-refractivity contribution in [3.8, 4) is 11.5 Å². The van der Waals surface area contributed by atoms with Crippen molar-refractivity contribution in [3.05, 3.63) is 54.1 Å². The van der Waals surface area contributed by atoms with E-state index in [9.17, 15) is 0 Å². The maximum absolute atomic E-state index is 7.92. The van der Waals surface area contributed by atoms with Gasteiger partial charge in [-0.05, 0) is 36.5 Å². The standard InChI is InChI=1S/C15H15N3O2S.ClH.Pd/c1-20-13-9-5-6-11(14(13)19)10-16-18-15(21)17-12-7-3-2-4-8-12;;/h2-10,19H,1H3,(H2,17,18,21);1H;/q;;+2. The Morgan fingerprint density at radius 3 is 2.57 bits per heavy atom. The molecule has 2 aromatic carbocycles. The molecule has 0 aromatic heterocycles. The molecule has 0 bridgehead atoms. The van der Waals surface area contributed by atoms with Crippen LogP contribution in [0.15, 0.2) is 53.6 Å². The number of para-hydroxylation sites is 2. The van der Waals surface area contributed by atoms with Gasteiger partial charge in [0.05, 0.1) is 18.9 Å². The molecule has 2 aromatic rings. The Morgan fingerprint density at radius 2 is 1.91 bits per heavy atom. The summed E-state index contributed by atoms with van der Waals surface area (Å²) in [5.41, 5.74) is 4.24. The van der Waals surface area contributed by atoms with Crippen molar-refractivity contribution in [2.75, 3.05) is 12.4 Å². The first-order valence-electron chi connectivity index (χ1n) is 6.36. The average Bonchev–Trinajstić information content (AvgIpc) is 2.59. The van der Waals surface area contributed by atoms with Crippen LogP contribution in [-0.4, -0.2) is 23.5 Å². The normalized spacial score (nSPS) is 9.74. The van der Waals surface area contributed by atoms with E-state index in [0.717, 1.165) is 5.69 Å². The second-order valence-electron chi connectivity index (χ2n) is 4.11. The number of halogens is 1. The van der Waals surface area contributed by atoms with Crippen molar-refractivity contribution in [2.24, 2.45) is 5.10 Å². The fourth-order valence-corrected chi connectivity index (χ4v) is 1.84. The summed E-state index contributed by atoms with van der Waals surface area (Å²) in [5, 5.41) is 15.3. The summed E-state index contributed by atoms with van der Waals surface area (Å²) in [6, 6.07) is 14.9. The molecular formula is C15H16ClN3O2PdS+2. The van der Waals surface area contributed by atoms with Gasteiger partial charge in [-0.2, -0.15) is 5.10 Å². The molecule has 0 aliphatic rings. The Balaban J connectivity index is 0.00000127. The molecule has 124 valence electrons. The first-order valence-corrected chi connectivity index (χ1v) is 8.77. The number of anilines is 1. The summed E-state index contributed by atoms with van der Waals surface area (Å²) in [4.78, 5) is 0. The Morgan fingerprint density at radius 1 is 1.22 bits per heavy atom. The third-order valence-corrected chi connectivity index (χ3v) is 2.87. The van der Waals surface area contributed by atoms with Gasteiger partial charge >= 0.3 is 33.5 Å². The van der Waals surface area contributed by atoms with Crippen LogP contribution in [0.3, 0.4) is 0 Å². The van der Waals surface area contributed by atoms with E-state index in [1.54, 1.807) is 18.2 Å². The fourth-order valence-electron chi connectivity index (χ4n) is 1.67. The number of benzene rings is 2. The van der Waals surface area contributed by atoms with Crippen LogP contribution in [0.2, 0.25) is 0 Å². The van der Waals surface area contributed by atoms with Crippen molar-refractivity contribution in [2.45, 2.75) is 0 Å². The van der Waals surface area contributed by atoms with Gasteiger partial charge in [0.15, 0.2) is 5.11 Å². The Bertz CT molecular complexity index is 656. The summed E-state index contributed by atoms with van der Waals surface area (Å²) in [6.07, 6.45) is 1.53. The second-order valence-corrected chi connectivity index (χ2v) is 4.52. The minimum absolute atomic E-state index is 0.285. The molecule has 2 rings (SSSR count). The SMILES string of the molecule is COc1cccc(C=NNC(=S)Nc2ccccc2)c1[OH2+].[Cl][Pd+]. The van der Waals surface area contributed by atoms with E-state index in [4.69, 9.17) is 22.1 Å². The van der Waals surface area contributed by atoms with Gasteiger partial charge in [0.2, 0.25) is 5.75 Å². The molecule has 0 saturated carbocycles. The Hall–Kier alpha value is -1.65. The van der Waals surface area contributed by atoms with E-state index in [0.29, 0.717) is 16.4 Å². The van der Waals surface area contributed by atoms with Gasteiger partial charge in [0.1, 0.15) is 0 Å². The molecule has 0 unspecified atom stereocenters. The molecule has 0 spiro atoms. The molecule has 5 nitrogen and oxygen atoms in total. The molecular weight excluding hydrogens is 428 g/mol. The summed E-state index contributed by atoms with van der Waals surface area (Å²) >= 11 is 7.35. The fraction of sp³-hybridized carbons (Fsp3) is 0.0667. The van der Waals surface area contributed by atoms with Crippen LogP contribution >= 0.6 is 21.7 Å². The predicted molar refractivity (Wildman–Crippen MR) is 95.3 cm³/mol. The monoisotopic (exact) mass is 443 g/mol. The molecule has 4 N–H and O–H groups in total. The molecule has 0 aliphatic carbocycles. The first-order chi connectivity index (χ1) is 11.2. The van der Waals surface area contributed by atoms with E-state index in [1.807, 2.05) is 30.3 Å². The van der Waals surface area contributed by atoms with E-state index < -0.39 is 0 Å². The van der Waals surface area contributed by atoms with Crippen LogP contribution in [0.25, 0.3) is 0 Å². The van der Waals surface area contributed by atoms with Crippen LogP contribution < -0.4 is 15.5 Å². The number of hydrogen-bond acceptors (Lipinski definition) is 3. The Kier molecular flexibility index (Phi) is 9.26. The second kappa shape index (κ2) is 11.0. The van der Waals surface area contributed by atoms with Gasteiger partial charge < -0.3 is 15.2 Å². The molecule has 0 saturated heterocycles. The Labute approximate surface area is 155 Å². The number of methoxy groups -OCH3 is 1. The molecule has 23 heavy (non-hydrogen) atoms. The quantitative estimate of drug-likeness (QED) is 0.250. The molecule has 0 heterocycles. The van der Waals surface area contributed by atoms with Gasteiger partial charge in [-0.25, -0.2) is 0 Å². The van der Waals surface area contributed by atoms with E-state index in [2.05, 4.69) is 43.6 Å². The van der Waals surface area contributed by atoms with Crippen LogP contribution in [-0.2, 0) is 18.2 Å². The number of thiocarbonyl (C=S) groups is 1. The summed E-state index contributed by atoms with van der Waals surface area (Å²) in [6.45, 7) is 0. The third kappa shape index (κ3) is 6.55. The summed E-state index contributed by atoms with van der Waals surface area (Å²) in [7, 11) is 6.02. The predicted octanol–water partition coefficient (Wildman–Crippen LogP) is 3.14. The zero-order valence-corrected chi connectivity index (χ0v) is 15.3. The van der Waals surface area contributed by atoms with Crippen molar-refractivity contribution >= 4 is 38.8 Å². The van der Waals surface area contributed by atoms with E-state index in [1.165, 1.54) is 13.3 Å². The number of hydrogen-bond donors (Lipinski definition) is 2. The molecule has 0 aliphatic heterocycles. The van der Waals surface area contributed by atoms with Gasteiger partial charge in [-0.15, -0.1) is 0 Å². The minimum atomic E-state index is 0.285. The molecule has 0 radical (unpaired) electrons. The molecule has 0 amide bonds. The molecule has 0 fully saturated rings. The van der Waals surface area contributed by atoms with Crippen LogP contribution in [0.4, 0.5) is 5.69 Å². The van der Waals surface area contributed by atoms with E-state index >= 15 is 0 Å². The number of nitrogens with zero attached hydrogens (tertiary/aromatic N) is 1. The van der Waals surface area contributed by atoms with Crippen molar-refractivity contribution < 1.29 is 28.0 Å². The van der Waals surface area contributed by atoms with Crippen LogP contribution in [0, 0.1) is 0 Å². The van der Waals surface area contributed by atoms with Gasteiger partial charge in [-0.3, -0.25) is 5.43 Å². The number of hydrazone groups is 1. The van der Waals surface area contributed by atoms with Gasteiger partial charge in [-0.1, -0.05) is 24.3 Å². The number of rotatable bonds is 4. The third-order valence-electron chi connectivity index (χ3n) is 2.68. The molecule has 0 atom stereocenters. The van der Waals surface area contributed by atoms with Crippen LogP contribution in [0.5, 0.6) is 11.5 Å². The van der Waals surface area contributed by atoms with Crippen LogP contribution in [0.1, 0.15) is 5.56 Å². The number of nitrogens with one attached hydrogen (secondary N) is 2. The molecule has 8 heteroatoms. The van der Waals surface area contributed by atoms with Crippen molar-refractivity contribution in [3.63, 3.8) is 0 Å². The first kappa shape index (κ1) is 19.4. The van der Waals surface area contributed by atoms with Crippen molar-refractivity contribution in [1.29, 1.82) is 0 Å².